The molecule has 3 atom stereocenters. The second-order valence-corrected chi connectivity index (χ2v) is 7.72. The number of nitrogens with one attached hydrogen (secondary N) is 1. The molecule has 1 N–H and O–H groups in total. The number of carbonyl (C=O) groups excluding carboxylic acids is 1. The molecule has 0 radical (unpaired) electrons. The largest absolute Gasteiger partial charge is 0.467 e. The summed E-state index contributed by atoms with van der Waals surface area (Å²) in [5.41, 5.74) is 1.79. The lowest BCUT2D eigenvalue weighted by atomic mass is 10.0. The van der Waals surface area contributed by atoms with E-state index in [1.165, 1.54) is 12.3 Å². The van der Waals surface area contributed by atoms with Gasteiger partial charge in [-0.2, -0.15) is 18.3 Å². The van der Waals surface area contributed by atoms with E-state index in [0.29, 0.717) is 12.2 Å². The van der Waals surface area contributed by atoms with E-state index in [0.717, 1.165) is 15.9 Å². The molecule has 3 aromatic rings. The first-order chi connectivity index (χ1) is 14.3. The molecule has 2 aliphatic heterocycles. The summed E-state index contributed by atoms with van der Waals surface area (Å²) in [6.45, 7) is 1.91. The molecule has 156 valence electrons. The Morgan fingerprint density at radius 1 is 1.23 bits per heavy atom. The third-order valence-corrected chi connectivity index (χ3v) is 5.72. The number of hydrogen-bond donors (Lipinski definition) is 1. The van der Waals surface area contributed by atoms with Crippen LogP contribution in [0.15, 0.2) is 53.1 Å². The maximum Gasteiger partial charge on any atom is 0.410 e. The number of furan rings is 1. The van der Waals surface area contributed by atoms with E-state index in [2.05, 4.69) is 10.4 Å². The third kappa shape index (κ3) is 2.96. The van der Waals surface area contributed by atoms with Gasteiger partial charge in [0.05, 0.1) is 12.3 Å². The van der Waals surface area contributed by atoms with Gasteiger partial charge in [-0.25, -0.2) is 4.68 Å². The number of anilines is 2. The van der Waals surface area contributed by atoms with Gasteiger partial charge in [-0.15, -0.1) is 0 Å². The van der Waals surface area contributed by atoms with Crippen LogP contribution in [0.25, 0.3) is 0 Å². The van der Waals surface area contributed by atoms with Crippen molar-refractivity contribution in [1.29, 1.82) is 0 Å². The van der Waals surface area contributed by atoms with E-state index in [1.807, 2.05) is 31.2 Å². The van der Waals surface area contributed by atoms with Gasteiger partial charge in [0.15, 0.2) is 11.7 Å². The Labute approximate surface area is 170 Å². The molecular weight excluding hydrogens is 397 g/mol. The Hall–Kier alpha value is -3.23. The fourth-order valence-electron chi connectivity index (χ4n) is 4.35. The molecule has 1 amide bonds. The zero-order valence-electron chi connectivity index (χ0n) is 16.1. The van der Waals surface area contributed by atoms with Gasteiger partial charge in [0.2, 0.25) is 0 Å². The molecule has 6 nitrogen and oxygen atoms in total. The highest BCUT2D eigenvalue weighted by Crippen LogP contribution is 2.44. The van der Waals surface area contributed by atoms with Gasteiger partial charge in [0.1, 0.15) is 11.6 Å². The summed E-state index contributed by atoms with van der Waals surface area (Å²) >= 11 is 0. The van der Waals surface area contributed by atoms with Crippen molar-refractivity contribution in [2.45, 2.75) is 44.1 Å². The normalized spacial score (nSPS) is 23.1. The topological polar surface area (TPSA) is 63.3 Å². The minimum atomic E-state index is -4.51. The van der Waals surface area contributed by atoms with Crippen molar-refractivity contribution in [3.63, 3.8) is 0 Å². The number of rotatable bonds is 2. The van der Waals surface area contributed by atoms with Gasteiger partial charge in [-0.1, -0.05) is 18.2 Å². The molecule has 0 saturated heterocycles. The SMILES string of the molecule is C[C@@H]1Cc2ccccc2N1C(=O)c1cc2n(n1)[C@H](C(F)(F)F)C[C@@H](c1ccco1)N2. The number of fused-ring (bicyclic) bond motifs is 2. The molecule has 30 heavy (non-hydrogen) atoms. The van der Waals surface area contributed by atoms with E-state index in [1.54, 1.807) is 17.0 Å². The fraction of sp³-hybridized carbons (Fsp3) is 0.333. The van der Waals surface area contributed by atoms with E-state index < -0.39 is 24.2 Å². The third-order valence-electron chi connectivity index (χ3n) is 5.72. The maximum absolute atomic E-state index is 13.8. The molecule has 0 bridgehead atoms. The average Bonchev–Trinajstić information content (AvgIpc) is 3.43. The van der Waals surface area contributed by atoms with Crippen LogP contribution >= 0.6 is 0 Å². The molecule has 0 saturated carbocycles. The molecule has 5 rings (SSSR count). The fourth-order valence-corrected chi connectivity index (χ4v) is 4.35. The Balaban J connectivity index is 1.52. The Morgan fingerprint density at radius 3 is 2.77 bits per heavy atom. The van der Waals surface area contributed by atoms with Crippen molar-refractivity contribution in [2.75, 3.05) is 10.2 Å². The van der Waals surface area contributed by atoms with E-state index in [4.69, 9.17) is 4.42 Å². The van der Waals surface area contributed by atoms with Crippen LogP contribution in [0.3, 0.4) is 0 Å². The molecular formula is C21H19F3N4O2. The van der Waals surface area contributed by atoms with Crippen LogP contribution in [-0.2, 0) is 6.42 Å². The lowest BCUT2D eigenvalue weighted by molar-refractivity contribution is -0.174. The molecule has 0 unspecified atom stereocenters. The number of hydrogen-bond acceptors (Lipinski definition) is 4. The van der Waals surface area contributed by atoms with Gasteiger partial charge in [0, 0.05) is 24.2 Å². The second kappa shape index (κ2) is 6.65. The van der Waals surface area contributed by atoms with E-state index in [-0.39, 0.29) is 24.0 Å². The molecule has 0 aliphatic carbocycles. The standard InChI is InChI=1S/C21H19F3N4O2/c1-12-9-13-5-2-3-6-16(13)27(12)20(29)15-11-19-25-14(17-7-4-8-30-17)10-18(21(22,23)24)28(19)26-15/h2-8,11-12,14,18,25H,9-10H2,1H3/t12-,14+,18+/m1/s1. The van der Waals surface area contributed by atoms with Crippen molar-refractivity contribution in [3.8, 4) is 0 Å². The van der Waals surface area contributed by atoms with E-state index in [9.17, 15) is 18.0 Å². The van der Waals surface area contributed by atoms with Gasteiger partial charge < -0.3 is 14.6 Å². The number of halogens is 3. The smallest absolute Gasteiger partial charge is 0.410 e. The summed E-state index contributed by atoms with van der Waals surface area (Å²) in [6.07, 6.45) is -2.67. The summed E-state index contributed by atoms with van der Waals surface area (Å²) in [7, 11) is 0. The minimum absolute atomic E-state index is 0.0182. The zero-order valence-corrected chi connectivity index (χ0v) is 16.1. The van der Waals surface area contributed by atoms with Gasteiger partial charge in [-0.3, -0.25) is 4.79 Å². The molecule has 4 heterocycles. The van der Waals surface area contributed by atoms with Crippen LogP contribution in [0.4, 0.5) is 24.7 Å². The maximum atomic E-state index is 13.8. The van der Waals surface area contributed by atoms with Crippen molar-refractivity contribution < 1.29 is 22.4 Å². The average molecular weight is 416 g/mol. The van der Waals surface area contributed by atoms with Crippen LogP contribution in [0.2, 0.25) is 0 Å². The first kappa shape index (κ1) is 18.8. The van der Waals surface area contributed by atoms with Crippen molar-refractivity contribution >= 4 is 17.4 Å². The monoisotopic (exact) mass is 416 g/mol. The first-order valence-corrected chi connectivity index (χ1v) is 9.70. The number of nitrogens with zero attached hydrogens (tertiary/aromatic N) is 3. The number of benzene rings is 1. The molecule has 2 aromatic heterocycles. The Kier molecular flexibility index (Phi) is 4.16. The Bertz CT molecular complexity index is 1090. The lowest BCUT2D eigenvalue weighted by Crippen LogP contribution is -2.37. The molecule has 2 aliphatic rings. The van der Waals surface area contributed by atoms with Crippen LogP contribution in [-0.4, -0.2) is 27.9 Å². The van der Waals surface area contributed by atoms with Crippen LogP contribution in [0, 0.1) is 0 Å². The summed E-state index contributed by atoms with van der Waals surface area (Å²) < 4.78 is 47.5. The number of aromatic nitrogens is 2. The summed E-state index contributed by atoms with van der Waals surface area (Å²) in [5, 5.41) is 7.11. The summed E-state index contributed by atoms with van der Waals surface area (Å²) in [4.78, 5) is 14.8. The first-order valence-electron chi connectivity index (χ1n) is 9.70. The lowest BCUT2D eigenvalue weighted by Gasteiger charge is -2.32. The zero-order chi connectivity index (χ0) is 21.0. The van der Waals surface area contributed by atoms with Crippen LogP contribution in [0.5, 0.6) is 0 Å². The van der Waals surface area contributed by atoms with Crippen molar-refractivity contribution in [3.05, 3.63) is 65.7 Å². The quantitative estimate of drug-likeness (QED) is 0.656. The molecule has 1 aromatic carbocycles. The Morgan fingerprint density at radius 2 is 2.03 bits per heavy atom. The highest BCUT2D eigenvalue weighted by molar-refractivity contribution is 6.07. The van der Waals surface area contributed by atoms with E-state index >= 15 is 0 Å². The highest BCUT2D eigenvalue weighted by atomic mass is 19.4. The number of carbonyl (C=O) groups is 1. The van der Waals surface area contributed by atoms with Gasteiger partial charge >= 0.3 is 6.18 Å². The summed E-state index contributed by atoms with van der Waals surface area (Å²) in [5.74, 6) is 0.145. The van der Waals surface area contributed by atoms with Crippen LogP contribution in [0.1, 0.15) is 47.2 Å². The van der Waals surface area contributed by atoms with Crippen molar-refractivity contribution in [2.24, 2.45) is 0 Å². The molecule has 0 fully saturated rings. The number of amides is 1. The predicted molar refractivity (Wildman–Crippen MR) is 103 cm³/mol. The highest BCUT2D eigenvalue weighted by Gasteiger charge is 2.47. The number of alkyl halides is 3. The second-order valence-electron chi connectivity index (χ2n) is 7.72. The van der Waals surface area contributed by atoms with Gasteiger partial charge in [-0.05, 0) is 37.1 Å². The number of para-hydroxylation sites is 1. The molecule has 9 heteroatoms. The van der Waals surface area contributed by atoms with Gasteiger partial charge in [0.25, 0.3) is 5.91 Å². The predicted octanol–water partition coefficient (Wildman–Crippen LogP) is 4.73. The molecule has 0 spiro atoms. The van der Waals surface area contributed by atoms with Crippen molar-refractivity contribution in [1.82, 2.24) is 9.78 Å². The minimum Gasteiger partial charge on any atom is -0.467 e. The van der Waals surface area contributed by atoms with Crippen LogP contribution < -0.4 is 10.2 Å². The summed E-state index contributed by atoms with van der Waals surface area (Å²) in [6, 6.07) is 9.58.